The number of amides is 1. The molecule has 6 heteroatoms. The Morgan fingerprint density at radius 1 is 0.914 bits per heavy atom. The molecule has 1 N–H and O–H groups in total. The summed E-state index contributed by atoms with van der Waals surface area (Å²) in [5.74, 6) is 0.841. The van der Waals surface area contributed by atoms with Gasteiger partial charge in [-0.15, -0.1) is 0 Å². The Labute approximate surface area is 206 Å². The first-order valence-electron chi connectivity index (χ1n) is 12.5. The van der Waals surface area contributed by atoms with Gasteiger partial charge < -0.3 is 15.0 Å². The molecule has 35 heavy (non-hydrogen) atoms. The van der Waals surface area contributed by atoms with Crippen LogP contribution in [-0.2, 0) is 24.4 Å². The van der Waals surface area contributed by atoms with Crippen LogP contribution in [0.15, 0.2) is 79.0 Å². The number of fused-ring (bicyclic) bond motifs is 1. The van der Waals surface area contributed by atoms with E-state index in [1.807, 2.05) is 83.7 Å². The van der Waals surface area contributed by atoms with Gasteiger partial charge in [0, 0.05) is 24.0 Å². The molecule has 0 aliphatic carbocycles. The molecule has 0 atom stereocenters. The van der Waals surface area contributed by atoms with E-state index in [9.17, 15) is 4.79 Å². The molecule has 2 heterocycles. The summed E-state index contributed by atoms with van der Waals surface area (Å²) in [5, 5.41) is 8.71. The van der Waals surface area contributed by atoms with Crippen LogP contribution in [0.1, 0.15) is 30.4 Å². The molecular weight excluding hydrogens is 436 g/mol. The number of aryl methyl sites for hydroxylation is 1. The van der Waals surface area contributed by atoms with Crippen molar-refractivity contribution in [2.24, 2.45) is 0 Å². The maximum Gasteiger partial charge on any atom is 0.224 e. The molecule has 0 saturated carbocycles. The number of carbonyl (C=O) groups excluding carboxylic acids is 1. The van der Waals surface area contributed by atoms with Crippen molar-refractivity contribution in [3.8, 4) is 5.75 Å². The third-order valence-corrected chi connectivity index (χ3v) is 6.57. The lowest BCUT2D eigenvalue weighted by molar-refractivity contribution is -0.116. The third-order valence-electron chi connectivity index (χ3n) is 6.57. The van der Waals surface area contributed by atoms with Gasteiger partial charge in [-0.1, -0.05) is 42.5 Å². The molecule has 6 nitrogen and oxygen atoms in total. The first-order valence-corrected chi connectivity index (χ1v) is 12.5. The minimum absolute atomic E-state index is 0.0110. The van der Waals surface area contributed by atoms with Crippen LogP contribution in [0.3, 0.4) is 0 Å². The van der Waals surface area contributed by atoms with E-state index in [1.54, 1.807) is 0 Å². The normalized spacial score (nSPS) is 13.8. The lowest BCUT2D eigenvalue weighted by Gasteiger charge is -2.14. The standard InChI is InChI=1S/C29H32N4O2/c34-29(15-10-23-8-13-27(14-9-23)35-22-24-6-2-1-3-7-24)31-26-12-11-25-21-30-33(28(25)20-26)19-18-32-16-4-5-17-32/h1-3,6-9,11-14,20-21H,4-5,10,15-19,22H2,(H,31,34). The maximum atomic E-state index is 12.6. The first-order chi connectivity index (χ1) is 17.2. The molecule has 180 valence electrons. The second-order valence-corrected chi connectivity index (χ2v) is 9.16. The second kappa shape index (κ2) is 11.2. The summed E-state index contributed by atoms with van der Waals surface area (Å²) in [6.45, 7) is 4.80. The minimum Gasteiger partial charge on any atom is -0.489 e. The first kappa shape index (κ1) is 23.1. The highest BCUT2D eigenvalue weighted by atomic mass is 16.5. The van der Waals surface area contributed by atoms with E-state index in [2.05, 4.69) is 15.3 Å². The van der Waals surface area contributed by atoms with Crippen LogP contribution in [0, 0.1) is 0 Å². The van der Waals surface area contributed by atoms with Crippen molar-refractivity contribution in [3.63, 3.8) is 0 Å². The number of nitrogens with zero attached hydrogens (tertiary/aromatic N) is 3. The summed E-state index contributed by atoms with van der Waals surface area (Å²) >= 11 is 0. The van der Waals surface area contributed by atoms with Gasteiger partial charge in [0.25, 0.3) is 0 Å². The molecule has 0 radical (unpaired) electrons. The maximum absolute atomic E-state index is 12.6. The van der Waals surface area contributed by atoms with E-state index >= 15 is 0 Å². The summed E-state index contributed by atoms with van der Waals surface area (Å²) in [6, 6.07) is 24.1. The number of ether oxygens (including phenoxy) is 1. The Morgan fingerprint density at radius 2 is 1.71 bits per heavy atom. The zero-order chi connectivity index (χ0) is 23.9. The van der Waals surface area contributed by atoms with Crippen molar-refractivity contribution in [1.29, 1.82) is 0 Å². The summed E-state index contributed by atoms with van der Waals surface area (Å²) in [5.41, 5.74) is 4.13. The third kappa shape index (κ3) is 6.28. The molecule has 1 aliphatic rings. The van der Waals surface area contributed by atoms with Crippen molar-refractivity contribution in [3.05, 3.63) is 90.1 Å². The monoisotopic (exact) mass is 468 g/mol. The van der Waals surface area contributed by atoms with Crippen LogP contribution in [0.4, 0.5) is 5.69 Å². The van der Waals surface area contributed by atoms with Crippen molar-refractivity contribution >= 4 is 22.5 Å². The van der Waals surface area contributed by atoms with E-state index in [0.29, 0.717) is 19.4 Å². The number of hydrogen-bond acceptors (Lipinski definition) is 4. The molecular formula is C29H32N4O2. The molecule has 1 amide bonds. The Kier molecular flexibility index (Phi) is 7.39. The van der Waals surface area contributed by atoms with Gasteiger partial charge in [-0.3, -0.25) is 9.48 Å². The Morgan fingerprint density at radius 3 is 2.51 bits per heavy atom. The van der Waals surface area contributed by atoms with E-state index in [-0.39, 0.29) is 5.91 Å². The average Bonchev–Trinajstić information content (AvgIpc) is 3.56. The number of nitrogens with one attached hydrogen (secondary N) is 1. The molecule has 5 rings (SSSR count). The number of hydrogen-bond donors (Lipinski definition) is 1. The highest BCUT2D eigenvalue weighted by Crippen LogP contribution is 2.20. The van der Waals surface area contributed by atoms with E-state index in [1.165, 1.54) is 25.9 Å². The van der Waals surface area contributed by atoms with E-state index < -0.39 is 0 Å². The molecule has 1 aliphatic heterocycles. The van der Waals surface area contributed by atoms with Gasteiger partial charge in [0.15, 0.2) is 0 Å². The number of rotatable bonds is 10. The van der Waals surface area contributed by atoms with Gasteiger partial charge in [-0.2, -0.15) is 5.10 Å². The summed E-state index contributed by atoms with van der Waals surface area (Å²) in [7, 11) is 0. The molecule has 0 spiro atoms. The van der Waals surface area contributed by atoms with Crippen molar-refractivity contribution in [2.45, 2.75) is 38.8 Å². The highest BCUT2D eigenvalue weighted by Gasteiger charge is 2.12. The lowest BCUT2D eigenvalue weighted by Crippen LogP contribution is -2.24. The largest absolute Gasteiger partial charge is 0.489 e. The van der Waals surface area contributed by atoms with Gasteiger partial charge >= 0.3 is 0 Å². The SMILES string of the molecule is O=C(CCc1ccc(OCc2ccccc2)cc1)Nc1ccc2cnn(CCN3CCCC3)c2c1. The van der Waals surface area contributed by atoms with Gasteiger partial charge in [-0.05, 0) is 73.8 Å². The zero-order valence-electron chi connectivity index (χ0n) is 20.0. The molecule has 1 aromatic heterocycles. The van der Waals surface area contributed by atoms with E-state index in [4.69, 9.17) is 4.74 Å². The summed E-state index contributed by atoms with van der Waals surface area (Å²) in [6.07, 6.45) is 5.60. The van der Waals surface area contributed by atoms with Crippen LogP contribution in [-0.4, -0.2) is 40.2 Å². The van der Waals surface area contributed by atoms with Crippen LogP contribution in [0.2, 0.25) is 0 Å². The fourth-order valence-electron chi connectivity index (χ4n) is 4.54. The minimum atomic E-state index is 0.0110. The van der Waals surface area contributed by atoms with Crippen molar-refractivity contribution < 1.29 is 9.53 Å². The van der Waals surface area contributed by atoms with Gasteiger partial charge in [0.05, 0.1) is 18.3 Å². The van der Waals surface area contributed by atoms with Crippen LogP contribution < -0.4 is 10.1 Å². The number of benzene rings is 3. The van der Waals surface area contributed by atoms with Crippen LogP contribution in [0.25, 0.3) is 10.9 Å². The number of carbonyl (C=O) groups is 1. The Hall–Kier alpha value is -3.64. The fourth-order valence-corrected chi connectivity index (χ4v) is 4.54. The van der Waals surface area contributed by atoms with Crippen LogP contribution >= 0.6 is 0 Å². The lowest BCUT2D eigenvalue weighted by atomic mass is 10.1. The molecule has 1 saturated heterocycles. The van der Waals surface area contributed by atoms with Gasteiger partial charge in [0.2, 0.25) is 5.91 Å². The van der Waals surface area contributed by atoms with Crippen molar-refractivity contribution in [1.82, 2.24) is 14.7 Å². The highest BCUT2D eigenvalue weighted by molar-refractivity contribution is 5.93. The van der Waals surface area contributed by atoms with Crippen molar-refractivity contribution in [2.75, 3.05) is 25.0 Å². The number of anilines is 1. The second-order valence-electron chi connectivity index (χ2n) is 9.16. The zero-order valence-corrected chi connectivity index (χ0v) is 20.0. The quantitative estimate of drug-likeness (QED) is 0.344. The summed E-state index contributed by atoms with van der Waals surface area (Å²) in [4.78, 5) is 15.1. The molecule has 4 aromatic rings. The molecule has 1 fully saturated rings. The Bertz CT molecular complexity index is 1240. The smallest absolute Gasteiger partial charge is 0.224 e. The average molecular weight is 469 g/mol. The topological polar surface area (TPSA) is 59.4 Å². The Balaban J connectivity index is 1.11. The summed E-state index contributed by atoms with van der Waals surface area (Å²) < 4.78 is 7.89. The fraction of sp³-hybridized carbons (Fsp3) is 0.310. The van der Waals surface area contributed by atoms with E-state index in [0.717, 1.165) is 46.6 Å². The predicted octanol–water partition coefficient (Wildman–Crippen LogP) is 5.28. The molecule has 0 bridgehead atoms. The van der Waals surface area contributed by atoms with Crippen LogP contribution in [0.5, 0.6) is 5.75 Å². The molecule has 0 unspecified atom stereocenters. The predicted molar refractivity (Wildman–Crippen MR) is 140 cm³/mol. The van der Waals surface area contributed by atoms with Gasteiger partial charge in [-0.25, -0.2) is 0 Å². The number of likely N-dealkylation sites (tertiary alicyclic amines) is 1. The van der Waals surface area contributed by atoms with Gasteiger partial charge in [0.1, 0.15) is 12.4 Å². The number of aromatic nitrogens is 2. The molecule has 3 aromatic carbocycles.